The van der Waals surface area contributed by atoms with Crippen molar-refractivity contribution in [1.82, 2.24) is 9.80 Å². The van der Waals surface area contributed by atoms with Crippen LogP contribution in [0.3, 0.4) is 0 Å². The maximum absolute atomic E-state index is 10.5. The van der Waals surface area contributed by atoms with Crippen molar-refractivity contribution in [3.05, 3.63) is 0 Å². The standard InChI is InChI=1S/C7H14N2O4/c1-3-9(7(12)13)5-4-8(2)6(10)11/h3-5H2,1-2H3,(H,10,11)(H,12,13). The van der Waals surface area contributed by atoms with Crippen molar-refractivity contribution >= 4 is 12.2 Å². The van der Waals surface area contributed by atoms with Crippen LogP contribution in [0.25, 0.3) is 0 Å². The Morgan fingerprint density at radius 2 is 1.69 bits per heavy atom. The molecule has 0 spiro atoms. The highest BCUT2D eigenvalue weighted by atomic mass is 16.4. The largest absolute Gasteiger partial charge is 0.465 e. The lowest BCUT2D eigenvalue weighted by atomic mass is 10.5. The average molecular weight is 190 g/mol. The van der Waals surface area contributed by atoms with Crippen LogP contribution in [0.1, 0.15) is 6.92 Å². The predicted octanol–water partition coefficient (Wildman–Crippen LogP) is 0.596. The van der Waals surface area contributed by atoms with Crippen LogP contribution in [-0.4, -0.2) is 58.9 Å². The number of nitrogens with zero attached hydrogens (tertiary/aromatic N) is 2. The second-order valence-electron chi connectivity index (χ2n) is 2.57. The highest BCUT2D eigenvalue weighted by Crippen LogP contribution is 1.91. The quantitative estimate of drug-likeness (QED) is 0.680. The Labute approximate surface area is 76.4 Å². The molecule has 0 heterocycles. The van der Waals surface area contributed by atoms with Crippen molar-refractivity contribution in [1.29, 1.82) is 0 Å². The average Bonchev–Trinajstić information content (AvgIpc) is 2.04. The Morgan fingerprint density at radius 3 is 2.00 bits per heavy atom. The Kier molecular flexibility index (Phi) is 4.64. The molecule has 0 bridgehead atoms. The van der Waals surface area contributed by atoms with Crippen LogP contribution in [0.5, 0.6) is 0 Å². The van der Waals surface area contributed by atoms with E-state index in [0.29, 0.717) is 6.54 Å². The molecule has 2 amide bonds. The lowest BCUT2D eigenvalue weighted by Gasteiger charge is -2.20. The second-order valence-corrected chi connectivity index (χ2v) is 2.57. The summed E-state index contributed by atoms with van der Waals surface area (Å²) in [6, 6.07) is 0. The first-order chi connectivity index (χ1) is 5.99. The fourth-order valence-corrected chi connectivity index (χ4v) is 0.755. The van der Waals surface area contributed by atoms with E-state index in [2.05, 4.69) is 0 Å². The van der Waals surface area contributed by atoms with E-state index in [4.69, 9.17) is 10.2 Å². The first-order valence-corrected chi connectivity index (χ1v) is 3.91. The van der Waals surface area contributed by atoms with Crippen molar-refractivity contribution < 1.29 is 19.8 Å². The lowest BCUT2D eigenvalue weighted by Crippen LogP contribution is -2.38. The zero-order chi connectivity index (χ0) is 10.4. The van der Waals surface area contributed by atoms with Gasteiger partial charge in [-0.15, -0.1) is 0 Å². The molecule has 0 saturated heterocycles. The summed E-state index contributed by atoms with van der Waals surface area (Å²) in [6.07, 6.45) is -2.08. The van der Waals surface area contributed by atoms with Crippen molar-refractivity contribution in [2.75, 3.05) is 26.7 Å². The molecule has 0 saturated carbocycles. The molecular formula is C7H14N2O4. The summed E-state index contributed by atoms with van der Waals surface area (Å²) >= 11 is 0. The second kappa shape index (κ2) is 5.23. The van der Waals surface area contributed by atoms with Gasteiger partial charge in [-0.1, -0.05) is 0 Å². The molecule has 6 heteroatoms. The molecule has 0 aliphatic heterocycles. The number of hydrogen-bond donors (Lipinski definition) is 2. The number of carbonyl (C=O) groups is 2. The third-order valence-electron chi connectivity index (χ3n) is 1.68. The van der Waals surface area contributed by atoms with Gasteiger partial charge in [0.15, 0.2) is 0 Å². The topological polar surface area (TPSA) is 81.1 Å². The minimum Gasteiger partial charge on any atom is -0.465 e. The van der Waals surface area contributed by atoms with E-state index in [1.165, 1.54) is 7.05 Å². The number of carboxylic acid groups (broad SMARTS) is 2. The van der Waals surface area contributed by atoms with Gasteiger partial charge in [0, 0.05) is 26.7 Å². The molecule has 0 radical (unpaired) electrons. The Balaban J connectivity index is 3.85. The highest BCUT2D eigenvalue weighted by Gasteiger charge is 2.11. The van der Waals surface area contributed by atoms with Gasteiger partial charge in [-0.2, -0.15) is 0 Å². The van der Waals surface area contributed by atoms with Crippen LogP contribution in [-0.2, 0) is 0 Å². The fraction of sp³-hybridized carbons (Fsp3) is 0.714. The third kappa shape index (κ3) is 4.19. The minimum atomic E-state index is -1.05. The summed E-state index contributed by atoms with van der Waals surface area (Å²) in [7, 11) is 1.40. The van der Waals surface area contributed by atoms with E-state index >= 15 is 0 Å². The SMILES string of the molecule is CCN(CCN(C)C(=O)O)C(=O)O. The minimum absolute atomic E-state index is 0.190. The molecule has 0 atom stereocenters. The van der Waals surface area contributed by atoms with E-state index in [0.717, 1.165) is 9.80 Å². The molecule has 2 N–H and O–H groups in total. The number of hydrogen-bond acceptors (Lipinski definition) is 2. The molecular weight excluding hydrogens is 176 g/mol. The molecule has 0 unspecified atom stereocenters. The smallest absolute Gasteiger partial charge is 0.407 e. The predicted molar refractivity (Wildman–Crippen MR) is 45.9 cm³/mol. The highest BCUT2D eigenvalue weighted by molar-refractivity contribution is 5.66. The van der Waals surface area contributed by atoms with Crippen LogP contribution < -0.4 is 0 Å². The van der Waals surface area contributed by atoms with Crippen molar-refractivity contribution in [3.63, 3.8) is 0 Å². The molecule has 6 nitrogen and oxygen atoms in total. The van der Waals surface area contributed by atoms with E-state index in [-0.39, 0.29) is 13.1 Å². The third-order valence-corrected chi connectivity index (χ3v) is 1.68. The lowest BCUT2D eigenvalue weighted by molar-refractivity contribution is 0.131. The van der Waals surface area contributed by atoms with E-state index < -0.39 is 12.2 Å². The Bertz CT molecular complexity index is 195. The van der Waals surface area contributed by atoms with E-state index in [1.807, 2.05) is 0 Å². The summed E-state index contributed by atoms with van der Waals surface area (Å²) in [6.45, 7) is 2.46. The monoisotopic (exact) mass is 190 g/mol. The molecule has 0 aromatic carbocycles. The maximum atomic E-state index is 10.5. The molecule has 0 aliphatic carbocycles. The summed E-state index contributed by atoms with van der Waals surface area (Å²) in [5, 5.41) is 17.1. The van der Waals surface area contributed by atoms with Crippen LogP contribution >= 0.6 is 0 Å². The normalized spacial score (nSPS) is 9.38. The van der Waals surface area contributed by atoms with Crippen LogP contribution in [0.4, 0.5) is 9.59 Å². The zero-order valence-electron chi connectivity index (χ0n) is 7.73. The Morgan fingerprint density at radius 1 is 1.15 bits per heavy atom. The van der Waals surface area contributed by atoms with Crippen LogP contribution in [0, 0.1) is 0 Å². The molecule has 0 aliphatic rings. The van der Waals surface area contributed by atoms with Gasteiger partial charge in [0.05, 0.1) is 0 Å². The Hall–Kier alpha value is -1.46. The first kappa shape index (κ1) is 11.5. The number of likely N-dealkylation sites (N-methyl/N-ethyl adjacent to an activating group) is 2. The molecule has 13 heavy (non-hydrogen) atoms. The molecule has 0 fully saturated rings. The van der Waals surface area contributed by atoms with Crippen LogP contribution in [0.15, 0.2) is 0 Å². The summed E-state index contributed by atoms with van der Waals surface area (Å²) in [5.41, 5.74) is 0. The number of rotatable bonds is 4. The van der Waals surface area contributed by atoms with Gasteiger partial charge < -0.3 is 20.0 Å². The molecule has 0 aromatic heterocycles. The van der Waals surface area contributed by atoms with Gasteiger partial charge in [-0.3, -0.25) is 0 Å². The molecule has 0 aromatic rings. The first-order valence-electron chi connectivity index (χ1n) is 3.91. The van der Waals surface area contributed by atoms with Gasteiger partial charge in [0.1, 0.15) is 0 Å². The zero-order valence-corrected chi connectivity index (χ0v) is 7.73. The van der Waals surface area contributed by atoms with E-state index in [1.54, 1.807) is 6.92 Å². The van der Waals surface area contributed by atoms with Gasteiger partial charge in [0.25, 0.3) is 0 Å². The molecule has 76 valence electrons. The van der Waals surface area contributed by atoms with Crippen molar-refractivity contribution in [2.45, 2.75) is 6.92 Å². The maximum Gasteiger partial charge on any atom is 0.407 e. The number of amides is 2. The van der Waals surface area contributed by atoms with Gasteiger partial charge >= 0.3 is 12.2 Å². The van der Waals surface area contributed by atoms with Crippen molar-refractivity contribution in [3.8, 4) is 0 Å². The van der Waals surface area contributed by atoms with Gasteiger partial charge in [-0.05, 0) is 6.92 Å². The molecule has 0 rings (SSSR count). The summed E-state index contributed by atoms with van der Waals surface area (Å²) < 4.78 is 0. The summed E-state index contributed by atoms with van der Waals surface area (Å²) in [4.78, 5) is 23.0. The van der Waals surface area contributed by atoms with Crippen LogP contribution in [0.2, 0.25) is 0 Å². The van der Waals surface area contributed by atoms with Gasteiger partial charge in [0.2, 0.25) is 0 Å². The van der Waals surface area contributed by atoms with E-state index in [9.17, 15) is 9.59 Å². The van der Waals surface area contributed by atoms with Crippen molar-refractivity contribution in [2.24, 2.45) is 0 Å². The summed E-state index contributed by atoms with van der Waals surface area (Å²) in [5.74, 6) is 0. The fourth-order valence-electron chi connectivity index (χ4n) is 0.755. The van der Waals surface area contributed by atoms with Gasteiger partial charge in [-0.25, -0.2) is 9.59 Å².